The third-order valence-corrected chi connectivity index (χ3v) is 3.32. The highest BCUT2D eigenvalue weighted by atomic mass is 32.2. The molecule has 0 aliphatic rings. The first-order valence-electron chi connectivity index (χ1n) is 5.55. The Hall–Kier alpha value is -0.900. The summed E-state index contributed by atoms with van der Waals surface area (Å²) in [5.74, 6) is 1.80. The number of hydrogen-bond acceptors (Lipinski definition) is 4. The van der Waals surface area contributed by atoms with E-state index in [0.29, 0.717) is 5.56 Å². The molecule has 0 atom stereocenters. The van der Waals surface area contributed by atoms with E-state index in [1.807, 2.05) is 13.8 Å². The number of ketones is 1. The van der Waals surface area contributed by atoms with Gasteiger partial charge in [-0.05, 0) is 32.9 Å². The van der Waals surface area contributed by atoms with Crippen LogP contribution in [0.3, 0.4) is 0 Å². The summed E-state index contributed by atoms with van der Waals surface area (Å²) in [5.41, 5.74) is 1.48. The Bertz CT molecular complexity index is 391. The third-order valence-electron chi connectivity index (χ3n) is 2.26. The minimum Gasteiger partial charge on any atom is -0.294 e. The van der Waals surface area contributed by atoms with E-state index in [-0.39, 0.29) is 5.78 Å². The van der Waals surface area contributed by atoms with Crippen molar-refractivity contribution in [2.75, 3.05) is 5.75 Å². The van der Waals surface area contributed by atoms with Crippen LogP contribution in [0.15, 0.2) is 5.03 Å². The number of carbonyl (C=O) groups is 1. The van der Waals surface area contributed by atoms with E-state index >= 15 is 0 Å². The Morgan fingerprint density at radius 1 is 1.31 bits per heavy atom. The van der Waals surface area contributed by atoms with Gasteiger partial charge in [-0.25, -0.2) is 9.97 Å². The molecule has 0 aliphatic heterocycles. The van der Waals surface area contributed by atoms with Gasteiger partial charge in [-0.3, -0.25) is 4.79 Å². The van der Waals surface area contributed by atoms with E-state index in [1.165, 1.54) is 0 Å². The van der Waals surface area contributed by atoms with Crippen LogP contribution in [-0.4, -0.2) is 21.5 Å². The Morgan fingerprint density at radius 2 is 2.00 bits per heavy atom. The molecule has 0 aromatic carbocycles. The maximum absolute atomic E-state index is 11.5. The number of carbonyl (C=O) groups excluding carboxylic acids is 1. The molecular formula is C12H18N2OS. The molecule has 0 N–H and O–H groups in total. The van der Waals surface area contributed by atoms with Gasteiger partial charge in [-0.15, -0.1) is 11.8 Å². The highest BCUT2D eigenvalue weighted by molar-refractivity contribution is 7.99. The molecule has 16 heavy (non-hydrogen) atoms. The van der Waals surface area contributed by atoms with Gasteiger partial charge in [0, 0.05) is 0 Å². The predicted octanol–water partition coefficient (Wildman–Crippen LogP) is 3.19. The van der Waals surface area contributed by atoms with Crippen molar-refractivity contribution in [2.24, 2.45) is 0 Å². The molecule has 0 amide bonds. The van der Waals surface area contributed by atoms with Crippen LogP contribution in [0.25, 0.3) is 0 Å². The fourth-order valence-electron chi connectivity index (χ4n) is 1.50. The lowest BCUT2D eigenvalue weighted by Gasteiger charge is -2.08. The van der Waals surface area contributed by atoms with Gasteiger partial charge in [0.25, 0.3) is 0 Å². The lowest BCUT2D eigenvalue weighted by molar-refractivity contribution is 0.101. The summed E-state index contributed by atoms with van der Waals surface area (Å²) in [6.07, 6.45) is 2.30. The second kappa shape index (κ2) is 5.99. The Balaban J connectivity index is 2.99. The van der Waals surface area contributed by atoms with Crippen molar-refractivity contribution in [3.63, 3.8) is 0 Å². The minimum absolute atomic E-state index is 0.0523. The highest BCUT2D eigenvalue weighted by Crippen LogP contribution is 2.24. The molecule has 4 heteroatoms. The maximum atomic E-state index is 11.5. The zero-order valence-electron chi connectivity index (χ0n) is 10.3. The zero-order valence-corrected chi connectivity index (χ0v) is 11.1. The monoisotopic (exact) mass is 238 g/mol. The SMILES string of the molecule is CCCCSc1nc(C)nc(C)c1C(C)=O. The van der Waals surface area contributed by atoms with E-state index in [2.05, 4.69) is 16.9 Å². The van der Waals surface area contributed by atoms with Crippen LogP contribution in [0, 0.1) is 13.8 Å². The molecule has 0 aliphatic carbocycles. The van der Waals surface area contributed by atoms with Crippen LogP contribution in [0.1, 0.15) is 48.6 Å². The smallest absolute Gasteiger partial charge is 0.164 e. The number of nitrogens with zero attached hydrogens (tertiary/aromatic N) is 2. The van der Waals surface area contributed by atoms with Gasteiger partial charge in [-0.2, -0.15) is 0 Å². The van der Waals surface area contributed by atoms with Gasteiger partial charge < -0.3 is 0 Å². The topological polar surface area (TPSA) is 42.9 Å². The van der Waals surface area contributed by atoms with Crippen molar-refractivity contribution in [3.05, 3.63) is 17.1 Å². The molecule has 0 saturated heterocycles. The minimum atomic E-state index is 0.0523. The normalized spacial score (nSPS) is 10.5. The summed E-state index contributed by atoms with van der Waals surface area (Å²) >= 11 is 1.66. The second-order valence-corrected chi connectivity index (χ2v) is 4.88. The lowest BCUT2D eigenvalue weighted by Crippen LogP contribution is -2.06. The van der Waals surface area contributed by atoms with Crippen molar-refractivity contribution >= 4 is 17.5 Å². The van der Waals surface area contributed by atoms with Gasteiger partial charge in [-0.1, -0.05) is 13.3 Å². The molecule has 1 rings (SSSR count). The number of hydrogen-bond donors (Lipinski definition) is 0. The van der Waals surface area contributed by atoms with E-state index in [0.717, 1.165) is 35.1 Å². The van der Waals surface area contributed by atoms with Gasteiger partial charge in [0.1, 0.15) is 10.9 Å². The van der Waals surface area contributed by atoms with E-state index in [1.54, 1.807) is 18.7 Å². The van der Waals surface area contributed by atoms with Crippen LogP contribution in [0.2, 0.25) is 0 Å². The van der Waals surface area contributed by atoms with Gasteiger partial charge in [0.05, 0.1) is 11.3 Å². The summed E-state index contributed by atoms with van der Waals surface area (Å²) in [4.78, 5) is 20.1. The Morgan fingerprint density at radius 3 is 2.56 bits per heavy atom. The largest absolute Gasteiger partial charge is 0.294 e. The molecule has 0 saturated carbocycles. The maximum Gasteiger partial charge on any atom is 0.164 e. The van der Waals surface area contributed by atoms with Crippen LogP contribution >= 0.6 is 11.8 Å². The molecule has 1 aromatic rings. The van der Waals surface area contributed by atoms with Crippen LogP contribution in [0.4, 0.5) is 0 Å². The molecular weight excluding hydrogens is 220 g/mol. The van der Waals surface area contributed by atoms with Gasteiger partial charge >= 0.3 is 0 Å². The Labute approximate surface area is 101 Å². The van der Waals surface area contributed by atoms with E-state index in [9.17, 15) is 4.79 Å². The van der Waals surface area contributed by atoms with Crippen LogP contribution < -0.4 is 0 Å². The highest BCUT2D eigenvalue weighted by Gasteiger charge is 2.14. The fourth-order valence-corrected chi connectivity index (χ4v) is 2.76. The molecule has 3 nitrogen and oxygen atoms in total. The second-order valence-electron chi connectivity index (χ2n) is 3.79. The quantitative estimate of drug-likeness (QED) is 0.342. The molecule has 0 unspecified atom stereocenters. The fraction of sp³-hybridized carbons (Fsp3) is 0.583. The summed E-state index contributed by atoms with van der Waals surface area (Å²) in [5, 5.41) is 0.839. The first kappa shape index (κ1) is 13.2. The molecule has 88 valence electrons. The molecule has 1 heterocycles. The van der Waals surface area contributed by atoms with Crippen molar-refractivity contribution in [1.82, 2.24) is 9.97 Å². The zero-order chi connectivity index (χ0) is 12.1. The summed E-state index contributed by atoms with van der Waals surface area (Å²) in [6, 6.07) is 0. The average molecular weight is 238 g/mol. The average Bonchev–Trinajstić information content (AvgIpc) is 2.16. The van der Waals surface area contributed by atoms with Crippen molar-refractivity contribution in [3.8, 4) is 0 Å². The van der Waals surface area contributed by atoms with Crippen LogP contribution in [0.5, 0.6) is 0 Å². The molecule has 1 aromatic heterocycles. The number of aryl methyl sites for hydroxylation is 2. The van der Waals surface area contributed by atoms with Crippen LogP contribution in [-0.2, 0) is 0 Å². The standard InChI is InChI=1S/C12H18N2OS/c1-5-6-7-16-12-11(9(3)15)8(2)13-10(4)14-12/h5-7H2,1-4H3. The van der Waals surface area contributed by atoms with E-state index < -0.39 is 0 Å². The number of aromatic nitrogens is 2. The van der Waals surface area contributed by atoms with Gasteiger partial charge in [0.2, 0.25) is 0 Å². The number of rotatable bonds is 5. The van der Waals surface area contributed by atoms with Crippen molar-refractivity contribution < 1.29 is 4.79 Å². The number of Topliss-reactive ketones (excluding diaryl/α,β-unsaturated/α-hetero) is 1. The number of unbranched alkanes of at least 4 members (excludes halogenated alkanes) is 1. The summed E-state index contributed by atoms with van der Waals surface area (Å²) in [6.45, 7) is 7.46. The number of thioether (sulfide) groups is 1. The molecule has 0 fully saturated rings. The summed E-state index contributed by atoms with van der Waals surface area (Å²) in [7, 11) is 0. The lowest BCUT2D eigenvalue weighted by atomic mass is 10.2. The van der Waals surface area contributed by atoms with Gasteiger partial charge in [0.15, 0.2) is 5.78 Å². The molecule has 0 radical (unpaired) electrons. The third kappa shape index (κ3) is 3.30. The predicted molar refractivity (Wildman–Crippen MR) is 67.1 cm³/mol. The van der Waals surface area contributed by atoms with Crippen molar-refractivity contribution in [1.29, 1.82) is 0 Å². The first-order chi connectivity index (χ1) is 7.56. The van der Waals surface area contributed by atoms with Crippen molar-refractivity contribution in [2.45, 2.75) is 45.6 Å². The molecule has 0 spiro atoms. The first-order valence-corrected chi connectivity index (χ1v) is 6.53. The van der Waals surface area contributed by atoms with E-state index in [4.69, 9.17) is 0 Å². The Kier molecular flexibility index (Phi) is 4.93. The summed E-state index contributed by atoms with van der Waals surface area (Å²) < 4.78 is 0. The molecule has 0 bridgehead atoms.